The Morgan fingerprint density at radius 1 is 0.933 bits per heavy atom. The summed E-state index contributed by atoms with van der Waals surface area (Å²) in [5.41, 5.74) is 3.03. The number of nitrogens with zero attached hydrogens (tertiary/aromatic N) is 1. The largest absolute Gasteiger partial charge is 0.506 e. The van der Waals surface area contributed by atoms with E-state index in [-0.39, 0.29) is 22.8 Å². The number of aromatic hydroxyl groups is 1. The Hall–Kier alpha value is -2.25. The van der Waals surface area contributed by atoms with E-state index in [1.54, 1.807) is 24.3 Å². The van der Waals surface area contributed by atoms with Crippen LogP contribution in [-0.2, 0) is 0 Å². The maximum absolute atomic E-state index is 12.8. The number of carbonyl (C=O) groups excluding carboxylic acids is 2. The van der Waals surface area contributed by atoms with Gasteiger partial charge in [0.05, 0.1) is 29.3 Å². The monoisotopic (exact) mass is 443 g/mol. The number of hydrogen-bond acceptors (Lipinski definition) is 5. The van der Waals surface area contributed by atoms with E-state index in [0.717, 1.165) is 27.4 Å². The summed E-state index contributed by atoms with van der Waals surface area (Å²) in [5.74, 6) is 0.0339. The lowest BCUT2D eigenvalue weighted by Crippen LogP contribution is -2.52. The van der Waals surface area contributed by atoms with Crippen LogP contribution >= 0.6 is 11.9 Å². The number of ether oxygens (including phenoxy) is 1. The van der Waals surface area contributed by atoms with Crippen molar-refractivity contribution in [3.05, 3.63) is 52.1 Å². The van der Waals surface area contributed by atoms with Gasteiger partial charge in [0.25, 0.3) is 11.8 Å². The minimum atomic E-state index is -1.67. The van der Waals surface area contributed by atoms with Gasteiger partial charge in [0.15, 0.2) is 0 Å². The lowest BCUT2D eigenvalue weighted by molar-refractivity contribution is 0.0777. The summed E-state index contributed by atoms with van der Waals surface area (Å²) in [6.07, 6.45) is 0. The molecule has 0 aromatic heterocycles. The molecule has 30 heavy (non-hydrogen) atoms. The van der Waals surface area contributed by atoms with Crippen LogP contribution in [0.25, 0.3) is 0 Å². The van der Waals surface area contributed by atoms with Gasteiger partial charge in [-0.05, 0) is 57.9 Å². The summed E-state index contributed by atoms with van der Waals surface area (Å²) < 4.78 is 7.65. The quantitative estimate of drug-likeness (QED) is 0.367. The number of phenols is 1. The van der Waals surface area contributed by atoms with Crippen molar-refractivity contribution in [2.45, 2.75) is 64.4 Å². The molecule has 5 nitrogen and oxygen atoms in total. The SMILES string of the molecule is Cc1c(C)c(OC(C)(C)[Si](C)(C)C)c(C)c(SN2C(=O)c3ccccc3C2=O)c1O. The van der Waals surface area contributed by atoms with Crippen LogP contribution in [0.2, 0.25) is 19.6 Å². The van der Waals surface area contributed by atoms with Crippen molar-refractivity contribution in [1.29, 1.82) is 0 Å². The number of amides is 2. The first-order chi connectivity index (χ1) is 13.8. The smallest absolute Gasteiger partial charge is 0.272 e. The van der Waals surface area contributed by atoms with Gasteiger partial charge in [0.1, 0.15) is 11.5 Å². The predicted molar refractivity (Wildman–Crippen MR) is 123 cm³/mol. The molecule has 1 heterocycles. The zero-order valence-electron chi connectivity index (χ0n) is 18.8. The van der Waals surface area contributed by atoms with Gasteiger partial charge in [-0.15, -0.1) is 0 Å². The minimum absolute atomic E-state index is 0.0738. The molecule has 7 heteroatoms. The molecule has 160 valence electrons. The third-order valence-electron chi connectivity index (χ3n) is 6.26. The van der Waals surface area contributed by atoms with Crippen LogP contribution in [0.4, 0.5) is 0 Å². The van der Waals surface area contributed by atoms with Crippen molar-refractivity contribution in [2.24, 2.45) is 0 Å². The van der Waals surface area contributed by atoms with Gasteiger partial charge in [0.2, 0.25) is 0 Å². The van der Waals surface area contributed by atoms with Gasteiger partial charge >= 0.3 is 0 Å². The standard InChI is InChI=1S/C23H29NO4SSi/c1-13-14(2)19(28-23(4,5)30(6,7)8)15(3)20(18(13)25)29-24-21(26)16-11-9-10-12-17(16)22(24)27/h9-12,25H,1-8H3. The number of carbonyl (C=O) groups is 2. The van der Waals surface area contributed by atoms with E-state index < -0.39 is 8.07 Å². The molecular formula is C23H29NO4SSi. The summed E-state index contributed by atoms with van der Waals surface area (Å²) in [5, 5.41) is 10.5. The normalized spacial score (nSPS) is 14.3. The molecule has 0 spiro atoms. The summed E-state index contributed by atoms with van der Waals surface area (Å²) in [6, 6.07) is 6.77. The van der Waals surface area contributed by atoms with Crippen LogP contribution < -0.4 is 4.74 Å². The molecule has 1 N–H and O–H groups in total. The summed E-state index contributed by atoms with van der Waals surface area (Å²) in [6.45, 7) is 16.5. The average molecular weight is 444 g/mol. The maximum atomic E-state index is 12.8. The van der Waals surface area contributed by atoms with Gasteiger partial charge in [-0.1, -0.05) is 31.8 Å². The van der Waals surface area contributed by atoms with Crippen molar-refractivity contribution in [3.8, 4) is 11.5 Å². The molecule has 1 aliphatic heterocycles. The molecule has 0 saturated carbocycles. The van der Waals surface area contributed by atoms with E-state index in [1.165, 1.54) is 0 Å². The van der Waals surface area contributed by atoms with Crippen LogP contribution in [-0.4, -0.2) is 34.5 Å². The van der Waals surface area contributed by atoms with Crippen molar-refractivity contribution in [3.63, 3.8) is 0 Å². The van der Waals surface area contributed by atoms with E-state index >= 15 is 0 Å². The van der Waals surface area contributed by atoms with Gasteiger partial charge < -0.3 is 9.84 Å². The van der Waals surface area contributed by atoms with Crippen LogP contribution in [0, 0.1) is 20.8 Å². The summed E-state index contributed by atoms with van der Waals surface area (Å²) in [4.78, 5) is 26.1. The van der Waals surface area contributed by atoms with Crippen LogP contribution in [0.5, 0.6) is 11.5 Å². The highest BCUT2D eigenvalue weighted by Gasteiger charge is 2.40. The Morgan fingerprint density at radius 2 is 1.43 bits per heavy atom. The number of hydrogen-bond donors (Lipinski definition) is 1. The van der Waals surface area contributed by atoms with Gasteiger partial charge in [-0.2, -0.15) is 0 Å². The van der Waals surface area contributed by atoms with Crippen molar-refractivity contribution >= 4 is 31.8 Å². The first-order valence-corrected chi connectivity index (χ1v) is 14.2. The molecule has 0 aliphatic carbocycles. The lowest BCUT2D eigenvalue weighted by atomic mass is 10.0. The van der Waals surface area contributed by atoms with Crippen molar-refractivity contribution < 1.29 is 19.4 Å². The first kappa shape index (κ1) is 22.4. The maximum Gasteiger partial charge on any atom is 0.272 e. The number of fused-ring (bicyclic) bond motifs is 1. The molecule has 0 unspecified atom stereocenters. The molecule has 0 atom stereocenters. The molecule has 3 rings (SSSR count). The molecule has 2 aromatic rings. The molecule has 0 radical (unpaired) electrons. The number of phenolic OH excluding ortho intramolecular Hbond substituents is 1. The van der Waals surface area contributed by atoms with E-state index in [1.807, 2.05) is 20.8 Å². The highest BCUT2D eigenvalue weighted by Crippen LogP contribution is 2.46. The number of imide groups is 1. The Labute approximate surface area is 183 Å². The predicted octanol–water partition coefficient (Wildman–Crippen LogP) is 5.66. The van der Waals surface area contributed by atoms with Crippen molar-refractivity contribution in [2.75, 3.05) is 0 Å². The molecular weight excluding hydrogens is 414 g/mol. The lowest BCUT2D eigenvalue weighted by Gasteiger charge is -2.39. The molecule has 1 aliphatic rings. The second kappa shape index (κ2) is 7.46. The zero-order valence-corrected chi connectivity index (χ0v) is 20.7. The Bertz CT molecular complexity index is 1020. The Morgan fingerprint density at radius 3 is 1.90 bits per heavy atom. The van der Waals surface area contributed by atoms with E-state index in [9.17, 15) is 14.7 Å². The average Bonchev–Trinajstić information content (AvgIpc) is 2.91. The molecule has 0 bridgehead atoms. The Kier molecular flexibility index (Phi) is 5.58. The summed E-state index contributed by atoms with van der Waals surface area (Å²) in [7, 11) is -1.67. The highest BCUT2D eigenvalue weighted by atomic mass is 32.2. The first-order valence-electron chi connectivity index (χ1n) is 9.95. The van der Waals surface area contributed by atoms with Gasteiger partial charge in [0, 0.05) is 17.5 Å². The fourth-order valence-corrected chi connectivity index (χ4v) is 4.52. The second-order valence-corrected chi connectivity index (χ2v) is 15.9. The van der Waals surface area contributed by atoms with Gasteiger partial charge in [-0.25, -0.2) is 4.31 Å². The fourth-order valence-electron chi connectivity index (χ4n) is 3.09. The Balaban J connectivity index is 2.06. The van der Waals surface area contributed by atoms with Crippen LogP contribution in [0.3, 0.4) is 0 Å². The van der Waals surface area contributed by atoms with Crippen LogP contribution in [0.1, 0.15) is 51.3 Å². The number of rotatable bonds is 5. The minimum Gasteiger partial charge on any atom is -0.506 e. The van der Waals surface area contributed by atoms with Crippen LogP contribution in [0.15, 0.2) is 29.2 Å². The van der Waals surface area contributed by atoms with E-state index in [4.69, 9.17) is 4.74 Å². The molecule has 0 fully saturated rings. The molecule has 2 aromatic carbocycles. The highest BCUT2D eigenvalue weighted by molar-refractivity contribution is 7.98. The van der Waals surface area contributed by atoms with Gasteiger partial charge in [-0.3, -0.25) is 9.59 Å². The number of benzene rings is 2. The van der Waals surface area contributed by atoms with E-state index in [2.05, 4.69) is 33.5 Å². The third kappa shape index (κ3) is 3.54. The van der Waals surface area contributed by atoms with E-state index in [0.29, 0.717) is 27.3 Å². The fraction of sp³-hybridized carbons (Fsp3) is 0.391. The molecule has 2 amide bonds. The summed E-state index contributed by atoms with van der Waals surface area (Å²) >= 11 is 0.963. The third-order valence-corrected chi connectivity index (χ3v) is 11.2. The molecule has 0 saturated heterocycles. The second-order valence-electron chi connectivity index (χ2n) is 9.29. The zero-order chi connectivity index (χ0) is 22.6. The van der Waals surface area contributed by atoms with Crippen molar-refractivity contribution in [1.82, 2.24) is 4.31 Å². The topological polar surface area (TPSA) is 66.8 Å².